The molecule has 15 nitrogen and oxygen atoms in total. The summed E-state index contributed by atoms with van der Waals surface area (Å²) in [6.45, 7) is 3.87. The molecule has 2 fully saturated rings. The monoisotopic (exact) mass is 661 g/mol. The number of carbonyl (C=O) groups is 6. The van der Waals surface area contributed by atoms with Crippen molar-refractivity contribution in [3.63, 3.8) is 0 Å². The van der Waals surface area contributed by atoms with Crippen molar-refractivity contribution in [3.8, 4) is 5.75 Å². The normalized spacial score (nSPS) is 20.7. The number of likely N-dealkylation sites (N-methyl/N-ethyl adjacent to an activating group) is 1. The number of benzene rings is 1. The number of carbonyl (C=O) groups excluding carboxylic acids is 5. The number of phenols is 1. The number of urea groups is 1. The fourth-order valence-electron chi connectivity index (χ4n) is 4.85. The molecule has 0 radical (unpaired) electrons. The molecule has 3 atom stereocenters. The van der Waals surface area contributed by atoms with E-state index in [9.17, 15) is 39.0 Å². The minimum atomic E-state index is -1.41. The quantitative estimate of drug-likeness (QED) is 0.165. The second-order valence-corrected chi connectivity index (χ2v) is 13.4. The molecule has 2 unspecified atom stereocenters. The lowest BCUT2D eigenvalue weighted by Crippen LogP contribution is -2.71. The van der Waals surface area contributed by atoms with Gasteiger partial charge >= 0.3 is 23.8 Å². The highest BCUT2D eigenvalue weighted by Gasteiger charge is 2.54. The summed E-state index contributed by atoms with van der Waals surface area (Å²) in [6.07, 6.45) is 0. The molecule has 44 heavy (non-hydrogen) atoms. The van der Waals surface area contributed by atoms with Crippen molar-refractivity contribution in [1.82, 2.24) is 35.5 Å². The van der Waals surface area contributed by atoms with E-state index in [0.29, 0.717) is 28.0 Å². The van der Waals surface area contributed by atoms with E-state index in [2.05, 4.69) is 20.8 Å². The number of piperazine rings is 1. The maximum absolute atomic E-state index is 13.6. The molecule has 6 amide bonds. The number of phenolic OH excluding ortho intramolecular Hbond substituents is 1. The van der Waals surface area contributed by atoms with E-state index in [0.717, 1.165) is 14.8 Å². The number of fused-ring (bicyclic) bond motifs is 1. The van der Waals surface area contributed by atoms with E-state index in [4.69, 9.17) is 0 Å². The summed E-state index contributed by atoms with van der Waals surface area (Å²) in [5.41, 5.74) is 0.624. The van der Waals surface area contributed by atoms with Gasteiger partial charge in [-0.15, -0.1) is 22.0 Å². The Hall–Kier alpha value is -4.16. The Labute approximate surface area is 263 Å². The summed E-state index contributed by atoms with van der Waals surface area (Å²) in [5.74, 6) is -4.09. The largest absolute Gasteiger partial charge is 0.508 e. The Morgan fingerprint density at radius 1 is 1.11 bits per heavy atom. The summed E-state index contributed by atoms with van der Waals surface area (Å²) in [6, 6.07) is 1.90. The van der Waals surface area contributed by atoms with Gasteiger partial charge in [0.05, 0.1) is 0 Å². The molecule has 1 aromatic carbocycles. The summed E-state index contributed by atoms with van der Waals surface area (Å²) >= 11 is 3.99. The van der Waals surface area contributed by atoms with Crippen molar-refractivity contribution in [2.45, 2.75) is 35.6 Å². The molecule has 0 spiro atoms. The molecule has 3 aliphatic heterocycles. The number of rotatable bonds is 9. The molecule has 4 heterocycles. The van der Waals surface area contributed by atoms with E-state index >= 15 is 0 Å². The number of aromatic nitrogens is 2. The van der Waals surface area contributed by atoms with E-state index in [1.807, 2.05) is 6.92 Å². The van der Waals surface area contributed by atoms with Crippen LogP contribution in [0.5, 0.6) is 5.75 Å². The Balaban J connectivity index is 1.31. The van der Waals surface area contributed by atoms with Crippen LogP contribution in [0.3, 0.4) is 0 Å². The average Bonchev–Trinajstić information content (AvgIpc) is 3.43. The number of nitrogens with zero attached hydrogens (tertiary/aromatic N) is 5. The molecule has 0 bridgehead atoms. The number of aryl methyl sites for hydroxylation is 1. The van der Waals surface area contributed by atoms with Crippen molar-refractivity contribution in [3.05, 3.63) is 46.1 Å². The predicted octanol–water partition coefficient (Wildman–Crippen LogP) is 0.524. The molecule has 18 heteroatoms. The smallest absolute Gasteiger partial charge is 0.352 e. The van der Waals surface area contributed by atoms with Crippen LogP contribution in [0.1, 0.15) is 23.5 Å². The summed E-state index contributed by atoms with van der Waals surface area (Å²) in [4.78, 5) is 80.2. The molecule has 0 saturated carbocycles. The molecule has 2 aromatic rings. The standard InChI is InChI=1S/C26H27N7O8S3/c1-3-31-8-9-32(22(38)21(31)37)25(41)28-16(13-4-6-15(34)7-5-13)19(35)27-17-20(36)33-18(24(39)40)14(10-42-23(17)33)11-43-26-30-29-12(2)44-26/h4-7,16-17,23,34H,3,8-11H2,1-2H3,(H,27,35)(H,28,41)(H,39,40)/t16?,17?,23-/m0/s1. The number of carboxylic acid groups (broad SMARTS) is 1. The maximum atomic E-state index is 13.6. The van der Waals surface area contributed by atoms with E-state index in [-0.39, 0.29) is 30.1 Å². The van der Waals surface area contributed by atoms with E-state index < -0.39 is 53.1 Å². The van der Waals surface area contributed by atoms with Gasteiger partial charge < -0.3 is 25.7 Å². The van der Waals surface area contributed by atoms with Crippen molar-refractivity contribution in [2.75, 3.05) is 31.1 Å². The maximum Gasteiger partial charge on any atom is 0.352 e. The first-order valence-corrected chi connectivity index (χ1v) is 16.2. The van der Waals surface area contributed by atoms with Gasteiger partial charge in [-0.3, -0.25) is 29.0 Å². The molecular weight excluding hydrogens is 635 g/mol. The topological polar surface area (TPSA) is 202 Å². The molecule has 4 N–H and O–H groups in total. The van der Waals surface area contributed by atoms with Crippen LogP contribution < -0.4 is 10.6 Å². The molecule has 232 valence electrons. The third-order valence-electron chi connectivity index (χ3n) is 7.12. The van der Waals surface area contributed by atoms with Crippen LogP contribution in [-0.2, 0) is 24.0 Å². The van der Waals surface area contributed by atoms with Gasteiger partial charge in [-0.1, -0.05) is 35.2 Å². The van der Waals surface area contributed by atoms with Crippen LogP contribution >= 0.6 is 34.9 Å². The first-order valence-electron chi connectivity index (χ1n) is 13.3. The zero-order valence-corrected chi connectivity index (χ0v) is 25.8. The Morgan fingerprint density at radius 2 is 1.84 bits per heavy atom. The van der Waals surface area contributed by atoms with Crippen molar-refractivity contribution in [1.29, 1.82) is 0 Å². The first-order chi connectivity index (χ1) is 21.0. The average molecular weight is 662 g/mol. The van der Waals surface area contributed by atoms with Gasteiger partial charge in [-0.05, 0) is 37.1 Å². The van der Waals surface area contributed by atoms with Crippen molar-refractivity contribution >= 4 is 70.5 Å². The number of aromatic hydroxyl groups is 1. The Kier molecular flexibility index (Phi) is 9.12. The van der Waals surface area contributed by atoms with Gasteiger partial charge in [0.25, 0.3) is 5.91 Å². The number of nitrogens with one attached hydrogen (secondary N) is 2. The third kappa shape index (κ3) is 6.09. The van der Waals surface area contributed by atoms with Crippen LogP contribution in [0.4, 0.5) is 4.79 Å². The second-order valence-electron chi connectivity index (χ2n) is 9.84. The minimum absolute atomic E-state index is 0.0769. The zero-order chi connectivity index (χ0) is 31.7. The minimum Gasteiger partial charge on any atom is -0.508 e. The lowest BCUT2D eigenvalue weighted by atomic mass is 10.0. The fraction of sp³-hybridized carbons (Fsp3) is 0.385. The number of aliphatic carboxylic acids is 1. The molecular formula is C26H27N7O8S3. The van der Waals surface area contributed by atoms with Gasteiger partial charge in [0.1, 0.15) is 33.9 Å². The van der Waals surface area contributed by atoms with E-state index in [1.54, 1.807) is 6.92 Å². The highest BCUT2D eigenvalue weighted by atomic mass is 32.2. The highest BCUT2D eigenvalue weighted by molar-refractivity contribution is 8.01. The Bertz CT molecular complexity index is 1560. The van der Waals surface area contributed by atoms with Crippen molar-refractivity contribution in [2.24, 2.45) is 0 Å². The summed E-state index contributed by atoms with van der Waals surface area (Å²) < 4.78 is 0.674. The zero-order valence-electron chi connectivity index (χ0n) is 23.4. The number of hydrogen-bond acceptors (Lipinski definition) is 12. The molecule has 5 rings (SSSR count). The fourth-order valence-corrected chi connectivity index (χ4v) is 8.16. The molecule has 0 aliphatic carbocycles. The predicted molar refractivity (Wildman–Crippen MR) is 158 cm³/mol. The third-order valence-corrected chi connectivity index (χ3v) is 10.5. The Morgan fingerprint density at radius 3 is 2.48 bits per heavy atom. The van der Waals surface area contributed by atoms with Crippen LogP contribution in [0, 0.1) is 6.92 Å². The lowest BCUT2D eigenvalue weighted by Gasteiger charge is -2.49. The van der Waals surface area contributed by atoms with Crippen LogP contribution in [0.15, 0.2) is 39.9 Å². The van der Waals surface area contributed by atoms with Crippen LogP contribution in [0.2, 0.25) is 0 Å². The molecule has 2 saturated heterocycles. The highest BCUT2D eigenvalue weighted by Crippen LogP contribution is 2.42. The first kappa shape index (κ1) is 31.3. The SMILES string of the molecule is CCN1CCN(C(=O)NC(C(=O)NC2C(=O)N3C(C(=O)O)=C(CSc4nnc(C)s4)CS[C@@H]23)c2ccc(O)cc2)C(=O)C1=O. The van der Waals surface area contributed by atoms with Gasteiger partial charge in [-0.2, -0.15) is 0 Å². The number of hydrogen-bond donors (Lipinski definition) is 4. The second kappa shape index (κ2) is 12.8. The number of thioether (sulfide) groups is 2. The van der Waals surface area contributed by atoms with Crippen LogP contribution in [0.25, 0.3) is 0 Å². The summed E-state index contributed by atoms with van der Waals surface area (Å²) in [5, 5.41) is 32.8. The van der Waals surface area contributed by atoms with Crippen molar-refractivity contribution < 1.29 is 39.0 Å². The number of amides is 6. The van der Waals surface area contributed by atoms with Gasteiger partial charge in [0.15, 0.2) is 4.34 Å². The van der Waals surface area contributed by atoms with Gasteiger partial charge in [0.2, 0.25) is 5.91 Å². The van der Waals surface area contributed by atoms with Gasteiger partial charge in [0, 0.05) is 31.1 Å². The lowest BCUT2D eigenvalue weighted by molar-refractivity contribution is -0.153. The van der Waals surface area contributed by atoms with E-state index in [1.165, 1.54) is 64.0 Å². The van der Waals surface area contributed by atoms with Crippen LogP contribution in [-0.4, -0.2) is 113 Å². The molecule has 3 aliphatic rings. The van der Waals surface area contributed by atoms with Gasteiger partial charge in [-0.25, -0.2) is 9.59 Å². The number of carboxylic acids is 1. The summed E-state index contributed by atoms with van der Waals surface area (Å²) in [7, 11) is 0. The number of imide groups is 1. The molecule has 1 aromatic heterocycles. The number of β-lactam (4-membered cyclic amide) rings is 1.